The number of carbonyl (C=O) groups excluding carboxylic acids is 2. The minimum absolute atomic E-state index is 0.0621. The lowest BCUT2D eigenvalue weighted by Crippen LogP contribution is -2.42. The normalized spacial score (nSPS) is 20.9. The molecule has 1 aliphatic rings. The van der Waals surface area contributed by atoms with Crippen molar-refractivity contribution in [3.8, 4) is 0 Å². The van der Waals surface area contributed by atoms with E-state index in [9.17, 15) is 9.59 Å². The molecule has 1 aliphatic heterocycles. The minimum atomic E-state index is -0.418. The van der Waals surface area contributed by atoms with Gasteiger partial charge in [0.2, 0.25) is 0 Å². The Morgan fingerprint density at radius 2 is 1.68 bits per heavy atom. The second-order valence-corrected chi connectivity index (χ2v) is 7.33. The first-order chi connectivity index (χ1) is 12.0. The summed E-state index contributed by atoms with van der Waals surface area (Å²) in [6.45, 7) is 4.25. The molecule has 0 unspecified atom stereocenters. The number of ketones is 2. The molecule has 0 saturated carbocycles. The van der Waals surface area contributed by atoms with Gasteiger partial charge >= 0.3 is 0 Å². The molecule has 3 nitrogen and oxygen atoms in total. The van der Waals surface area contributed by atoms with E-state index in [2.05, 4.69) is 0 Å². The molecule has 2 atom stereocenters. The van der Waals surface area contributed by atoms with Crippen molar-refractivity contribution in [2.75, 3.05) is 6.61 Å². The molecule has 1 saturated heterocycles. The number of hydrogen-bond acceptors (Lipinski definition) is 3. The lowest BCUT2D eigenvalue weighted by atomic mass is 9.76. The fraction of sp³-hybridized carbons (Fsp3) is 0.364. The van der Waals surface area contributed by atoms with Gasteiger partial charge in [-0.2, -0.15) is 0 Å². The van der Waals surface area contributed by atoms with Gasteiger partial charge in [0.15, 0.2) is 5.78 Å². The summed E-state index contributed by atoms with van der Waals surface area (Å²) in [4.78, 5) is 25.5. The quantitative estimate of drug-likeness (QED) is 0.759. The van der Waals surface area contributed by atoms with Crippen LogP contribution in [0, 0.1) is 5.92 Å². The number of Topliss-reactive ketones (excluding diaryl/α,β-unsaturated/α-hetero) is 2. The van der Waals surface area contributed by atoms with Crippen LogP contribution in [-0.4, -0.2) is 23.8 Å². The van der Waals surface area contributed by atoms with Gasteiger partial charge in [0.25, 0.3) is 0 Å². The maximum Gasteiger partial charge on any atom is 0.163 e. The van der Waals surface area contributed by atoms with Crippen molar-refractivity contribution in [1.82, 2.24) is 0 Å². The molecule has 0 radical (unpaired) electrons. The summed E-state index contributed by atoms with van der Waals surface area (Å²) in [5.74, 6) is -0.182. The third-order valence-corrected chi connectivity index (χ3v) is 4.88. The van der Waals surface area contributed by atoms with E-state index in [-0.39, 0.29) is 23.4 Å². The average Bonchev–Trinajstić information content (AvgIpc) is 2.61. The van der Waals surface area contributed by atoms with E-state index in [4.69, 9.17) is 4.74 Å². The van der Waals surface area contributed by atoms with Crippen molar-refractivity contribution < 1.29 is 14.3 Å². The van der Waals surface area contributed by atoms with Gasteiger partial charge in [0.05, 0.1) is 12.2 Å². The van der Waals surface area contributed by atoms with E-state index in [0.29, 0.717) is 25.0 Å². The van der Waals surface area contributed by atoms with E-state index in [0.717, 1.165) is 5.56 Å². The molecule has 130 valence electrons. The van der Waals surface area contributed by atoms with Gasteiger partial charge in [0, 0.05) is 30.2 Å². The number of hydrogen-bond donors (Lipinski definition) is 0. The molecule has 25 heavy (non-hydrogen) atoms. The molecule has 1 heterocycles. The monoisotopic (exact) mass is 336 g/mol. The fourth-order valence-corrected chi connectivity index (χ4v) is 3.48. The average molecular weight is 336 g/mol. The zero-order chi connectivity index (χ0) is 17.9. The molecule has 0 aromatic heterocycles. The van der Waals surface area contributed by atoms with E-state index < -0.39 is 5.60 Å². The molecule has 0 amide bonds. The van der Waals surface area contributed by atoms with Crippen LogP contribution >= 0.6 is 0 Å². The maximum atomic E-state index is 12.8. The molecule has 0 bridgehead atoms. The molecule has 3 heteroatoms. The smallest absolute Gasteiger partial charge is 0.163 e. The lowest BCUT2D eigenvalue weighted by Gasteiger charge is -2.37. The summed E-state index contributed by atoms with van der Waals surface area (Å²) in [6, 6.07) is 19.1. The first-order valence-corrected chi connectivity index (χ1v) is 8.76. The highest BCUT2D eigenvalue weighted by Crippen LogP contribution is 2.36. The van der Waals surface area contributed by atoms with Crippen LogP contribution in [0.4, 0.5) is 0 Å². The van der Waals surface area contributed by atoms with Crippen LogP contribution in [0.1, 0.15) is 48.5 Å². The Kier molecular flexibility index (Phi) is 5.14. The molecule has 2 aromatic rings. The Morgan fingerprint density at radius 1 is 1.08 bits per heavy atom. The molecule has 0 spiro atoms. The van der Waals surface area contributed by atoms with Crippen molar-refractivity contribution in [3.63, 3.8) is 0 Å². The van der Waals surface area contributed by atoms with Gasteiger partial charge < -0.3 is 4.74 Å². The topological polar surface area (TPSA) is 43.4 Å². The standard InChI is InChI=1S/C22H24O3/c1-22(2)14-21(24)19(15-25-22)18(16-9-5-3-6-10-16)13-20(23)17-11-7-4-8-12-17/h3-12,18-19H,13-15H2,1-2H3/t18-,19-/m1/s1. The lowest BCUT2D eigenvalue weighted by molar-refractivity contribution is -0.145. The maximum absolute atomic E-state index is 12.8. The fourth-order valence-electron chi connectivity index (χ4n) is 3.48. The highest BCUT2D eigenvalue weighted by molar-refractivity contribution is 5.97. The highest BCUT2D eigenvalue weighted by atomic mass is 16.5. The molecular weight excluding hydrogens is 312 g/mol. The van der Waals surface area contributed by atoms with E-state index in [1.54, 1.807) is 0 Å². The van der Waals surface area contributed by atoms with Crippen molar-refractivity contribution in [3.05, 3.63) is 71.8 Å². The third kappa shape index (κ3) is 4.23. The zero-order valence-electron chi connectivity index (χ0n) is 14.8. The molecular formula is C22H24O3. The summed E-state index contributed by atoms with van der Waals surface area (Å²) >= 11 is 0. The molecule has 0 N–H and O–H groups in total. The highest BCUT2D eigenvalue weighted by Gasteiger charge is 2.39. The summed E-state index contributed by atoms with van der Waals surface area (Å²) in [7, 11) is 0. The number of rotatable bonds is 5. The first-order valence-electron chi connectivity index (χ1n) is 8.76. The Bertz CT molecular complexity index is 734. The second kappa shape index (κ2) is 7.32. The van der Waals surface area contributed by atoms with Gasteiger partial charge in [-0.3, -0.25) is 9.59 Å². The predicted octanol–water partition coefficient (Wildman–Crippen LogP) is 4.43. The van der Waals surface area contributed by atoms with Crippen molar-refractivity contribution in [2.24, 2.45) is 5.92 Å². The van der Waals surface area contributed by atoms with Crippen LogP contribution in [0.15, 0.2) is 60.7 Å². The van der Waals surface area contributed by atoms with E-state index in [1.807, 2.05) is 74.5 Å². The molecule has 3 rings (SSSR count). The Labute approximate surface area is 149 Å². The van der Waals surface area contributed by atoms with Crippen LogP contribution in [0.25, 0.3) is 0 Å². The van der Waals surface area contributed by atoms with Crippen molar-refractivity contribution in [1.29, 1.82) is 0 Å². The van der Waals surface area contributed by atoms with Crippen molar-refractivity contribution in [2.45, 2.75) is 38.2 Å². The first kappa shape index (κ1) is 17.6. The summed E-state index contributed by atoms with van der Waals surface area (Å²) in [5, 5.41) is 0. The van der Waals surface area contributed by atoms with Gasteiger partial charge in [-0.15, -0.1) is 0 Å². The predicted molar refractivity (Wildman–Crippen MR) is 97.7 cm³/mol. The van der Waals surface area contributed by atoms with Crippen LogP contribution < -0.4 is 0 Å². The van der Waals surface area contributed by atoms with Gasteiger partial charge in [-0.25, -0.2) is 0 Å². The second-order valence-electron chi connectivity index (χ2n) is 7.33. The summed E-state index contributed by atoms with van der Waals surface area (Å²) < 4.78 is 5.91. The van der Waals surface area contributed by atoms with E-state index >= 15 is 0 Å². The number of benzene rings is 2. The molecule has 2 aromatic carbocycles. The van der Waals surface area contributed by atoms with E-state index in [1.165, 1.54) is 0 Å². The number of ether oxygens (including phenoxy) is 1. The minimum Gasteiger partial charge on any atom is -0.374 e. The van der Waals surface area contributed by atoms with Crippen LogP contribution in [0.3, 0.4) is 0 Å². The largest absolute Gasteiger partial charge is 0.374 e. The molecule has 0 aliphatic carbocycles. The van der Waals surface area contributed by atoms with Crippen molar-refractivity contribution >= 4 is 11.6 Å². The Morgan fingerprint density at radius 3 is 2.28 bits per heavy atom. The van der Waals surface area contributed by atoms with Crippen LogP contribution in [0.2, 0.25) is 0 Å². The SMILES string of the molecule is CC1(C)CC(=O)[C@@H]([C@H](CC(=O)c2ccccc2)c2ccccc2)CO1. The van der Waals surface area contributed by atoms with Gasteiger partial charge in [-0.05, 0) is 19.4 Å². The Hall–Kier alpha value is -2.26. The van der Waals surface area contributed by atoms with Crippen LogP contribution in [0.5, 0.6) is 0 Å². The zero-order valence-corrected chi connectivity index (χ0v) is 14.8. The summed E-state index contributed by atoms with van der Waals surface area (Å²) in [5.41, 5.74) is 1.29. The number of carbonyl (C=O) groups is 2. The van der Waals surface area contributed by atoms with Gasteiger partial charge in [-0.1, -0.05) is 60.7 Å². The Balaban J connectivity index is 1.86. The van der Waals surface area contributed by atoms with Crippen LogP contribution in [-0.2, 0) is 9.53 Å². The summed E-state index contributed by atoms with van der Waals surface area (Å²) in [6.07, 6.45) is 0.703. The third-order valence-electron chi connectivity index (χ3n) is 4.88. The van der Waals surface area contributed by atoms with Gasteiger partial charge in [0.1, 0.15) is 5.78 Å². The molecule has 1 fully saturated rings.